The van der Waals surface area contributed by atoms with Gasteiger partial charge in [-0.15, -0.1) is 12.4 Å². The Morgan fingerprint density at radius 2 is 2.24 bits per heavy atom. The van der Waals surface area contributed by atoms with Crippen LogP contribution >= 0.6 is 28.3 Å². The van der Waals surface area contributed by atoms with Crippen molar-refractivity contribution < 1.29 is 4.52 Å². The summed E-state index contributed by atoms with van der Waals surface area (Å²) in [6.07, 6.45) is 3.63. The van der Waals surface area contributed by atoms with E-state index < -0.39 is 0 Å². The highest BCUT2D eigenvalue weighted by molar-refractivity contribution is 9.10. The van der Waals surface area contributed by atoms with Crippen LogP contribution in [0, 0.1) is 0 Å². The van der Waals surface area contributed by atoms with Gasteiger partial charge in [0.1, 0.15) is 0 Å². The van der Waals surface area contributed by atoms with E-state index in [4.69, 9.17) is 4.52 Å². The topological polar surface area (TPSA) is 72.0 Å². The molecule has 0 saturated carbocycles. The van der Waals surface area contributed by atoms with Gasteiger partial charge in [0, 0.05) is 30.3 Å². The highest BCUT2D eigenvalue weighted by Crippen LogP contribution is 2.23. The monoisotopic (exact) mass is 424 g/mol. The number of hydrogen-bond acceptors (Lipinski definition) is 6. The first-order chi connectivity index (χ1) is 11.7. The van der Waals surface area contributed by atoms with Crippen molar-refractivity contribution in [2.75, 3.05) is 26.7 Å². The van der Waals surface area contributed by atoms with Gasteiger partial charge in [0.05, 0.1) is 23.5 Å². The van der Waals surface area contributed by atoms with E-state index in [1.807, 2.05) is 30.5 Å². The maximum absolute atomic E-state index is 5.45. The van der Waals surface area contributed by atoms with E-state index in [0.717, 1.165) is 35.4 Å². The first kappa shape index (κ1) is 18.1. The van der Waals surface area contributed by atoms with Crippen LogP contribution in [-0.4, -0.2) is 51.5 Å². The zero-order chi connectivity index (χ0) is 16.5. The van der Waals surface area contributed by atoms with Crippen LogP contribution < -0.4 is 5.32 Å². The van der Waals surface area contributed by atoms with E-state index in [0.29, 0.717) is 11.7 Å². The molecule has 3 aromatic rings. The smallest absolute Gasteiger partial charge is 0.261 e. The van der Waals surface area contributed by atoms with Crippen molar-refractivity contribution in [2.45, 2.75) is 6.04 Å². The molecule has 0 spiro atoms. The van der Waals surface area contributed by atoms with Crippen LogP contribution in [0.3, 0.4) is 0 Å². The summed E-state index contributed by atoms with van der Waals surface area (Å²) >= 11 is 3.47. The Balaban J connectivity index is 0.00000182. The minimum Gasteiger partial charge on any atom is -0.334 e. The molecular weight excluding hydrogens is 408 g/mol. The van der Waals surface area contributed by atoms with Crippen molar-refractivity contribution in [2.24, 2.45) is 0 Å². The van der Waals surface area contributed by atoms with Crippen LogP contribution in [0.2, 0.25) is 0 Å². The molecule has 0 radical (unpaired) electrons. The van der Waals surface area contributed by atoms with Gasteiger partial charge in [-0.2, -0.15) is 10.1 Å². The highest BCUT2D eigenvalue weighted by atomic mass is 79.9. The normalized spacial score (nSPS) is 18.1. The Labute approximate surface area is 159 Å². The van der Waals surface area contributed by atoms with Crippen molar-refractivity contribution in [3.05, 3.63) is 47.0 Å². The number of benzene rings is 1. The molecule has 25 heavy (non-hydrogen) atoms. The number of rotatable bonds is 3. The molecule has 0 amide bonds. The molecule has 0 aliphatic carbocycles. The Hall–Kier alpha value is -1.74. The number of halogens is 2. The standard InChI is InChI=1S/C16H17BrN6O.ClH/c1-22-6-5-18-9-14(22)15-20-16(24-21-15)11-8-19-23(10-11)13-4-2-3-12(17)7-13;/h2-4,7-8,10,14,18H,5-6,9H2,1H3;1H. The Kier molecular flexibility index (Phi) is 5.53. The van der Waals surface area contributed by atoms with E-state index in [1.165, 1.54) is 0 Å². The first-order valence-corrected chi connectivity index (χ1v) is 8.55. The SMILES string of the molecule is CN1CCNCC1c1noc(-c2cnn(-c3cccc(Br)c3)c2)n1.Cl. The minimum atomic E-state index is 0. The predicted octanol–water partition coefficient (Wildman–Crippen LogP) is 2.68. The lowest BCUT2D eigenvalue weighted by Crippen LogP contribution is -2.44. The second-order valence-electron chi connectivity index (χ2n) is 5.81. The fraction of sp³-hybridized carbons (Fsp3) is 0.312. The van der Waals surface area contributed by atoms with Crippen LogP contribution in [0.1, 0.15) is 11.9 Å². The highest BCUT2D eigenvalue weighted by Gasteiger charge is 2.25. The molecule has 1 aliphatic rings. The molecule has 3 heterocycles. The van der Waals surface area contributed by atoms with Gasteiger partial charge in [0.2, 0.25) is 0 Å². The van der Waals surface area contributed by atoms with Gasteiger partial charge in [-0.1, -0.05) is 27.2 Å². The molecule has 7 nitrogen and oxygen atoms in total. The third kappa shape index (κ3) is 3.77. The van der Waals surface area contributed by atoms with Gasteiger partial charge >= 0.3 is 0 Å². The molecule has 2 aromatic heterocycles. The third-order valence-corrected chi connectivity index (χ3v) is 4.65. The summed E-state index contributed by atoms with van der Waals surface area (Å²) in [5.74, 6) is 1.19. The van der Waals surface area contributed by atoms with Crippen molar-refractivity contribution >= 4 is 28.3 Å². The van der Waals surface area contributed by atoms with Crippen LogP contribution in [0.25, 0.3) is 17.1 Å². The predicted molar refractivity (Wildman–Crippen MR) is 100 cm³/mol. The van der Waals surface area contributed by atoms with Crippen LogP contribution in [0.15, 0.2) is 45.7 Å². The van der Waals surface area contributed by atoms with Gasteiger partial charge in [-0.25, -0.2) is 4.68 Å². The molecule has 1 saturated heterocycles. The molecule has 1 aromatic carbocycles. The zero-order valence-corrected chi connectivity index (χ0v) is 16.0. The average Bonchev–Trinajstić information content (AvgIpc) is 3.25. The van der Waals surface area contributed by atoms with E-state index in [-0.39, 0.29) is 18.4 Å². The van der Waals surface area contributed by atoms with Crippen molar-refractivity contribution in [3.8, 4) is 17.1 Å². The molecule has 1 atom stereocenters. The maximum atomic E-state index is 5.45. The first-order valence-electron chi connectivity index (χ1n) is 7.76. The Morgan fingerprint density at radius 3 is 3.04 bits per heavy atom. The molecule has 1 fully saturated rings. The Bertz CT molecular complexity index is 851. The van der Waals surface area contributed by atoms with Crippen LogP contribution in [0.5, 0.6) is 0 Å². The van der Waals surface area contributed by atoms with E-state index >= 15 is 0 Å². The summed E-state index contributed by atoms with van der Waals surface area (Å²) < 4.78 is 8.24. The maximum Gasteiger partial charge on any atom is 0.261 e. The third-order valence-electron chi connectivity index (χ3n) is 4.15. The minimum absolute atomic E-state index is 0. The molecule has 1 aliphatic heterocycles. The largest absolute Gasteiger partial charge is 0.334 e. The summed E-state index contributed by atoms with van der Waals surface area (Å²) in [6.45, 7) is 2.78. The zero-order valence-electron chi connectivity index (χ0n) is 13.6. The van der Waals surface area contributed by atoms with Gasteiger partial charge < -0.3 is 9.84 Å². The van der Waals surface area contributed by atoms with E-state index in [2.05, 4.69) is 48.4 Å². The molecule has 4 rings (SSSR count). The number of piperazine rings is 1. The average molecular weight is 426 g/mol. The van der Waals surface area contributed by atoms with Gasteiger partial charge in [0.25, 0.3) is 5.89 Å². The van der Waals surface area contributed by atoms with E-state index in [9.17, 15) is 0 Å². The van der Waals surface area contributed by atoms with E-state index in [1.54, 1.807) is 10.9 Å². The van der Waals surface area contributed by atoms with Crippen molar-refractivity contribution in [1.82, 2.24) is 30.1 Å². The molecule has 132 valence electrons. The molecular formula is C16H18BrClN6O. The fourth-order valence-electron chi connectivity index (χ4n) is 2.77. The summed E-state index contributed by atoms with van der Waals surface area (Å²) in [6, 6.07) is 8.07. The molecule has 9 heteroatoms. The lowest BCUT2D eigenvalue weighted by molar-refractivity contribution is 0.190. The number of nitrogens with zero attached hydrogens (tertiary/aromatic N) is 5. The number of nitrogens with one attached hydrogen (secondary N) is 1. The summed E-state index contributed by atoms with van der Waals surface area (Å²) in [7, 11) is 2.08. The van der Waals surface area contributed by atoms with Crippen molar-refractivity contribution in [1.29, 1.82) is 0 Å². The number of aromatic nitrogens is 4. The second kappa shape index (κ2) is 7.65. The summed E-state index contributed by atoms with van der Waals surface area (Å²) in [5.41, 5.74) is 1.77. The van der Waals surface area contributed by atoms with Crippen LogP contribution in [0.4, 0.5) is 0 Å². The number of likely N-dealkylation sites (N-methyl/N-ethyl adjacent to an activating group) is 1. The van der Waals surface area contributed by atoms with Gasteiger partial charge in [-0.3, -0.25) is 4.90 Å². The summed E-state index contributed by atoms with van der Waals surface area (Å²) in [5, 5.41) is 11.9. The summed E-state index contributed by atoms with van der Waals surface area (Å²) in [4.78, 5) is 6.79. The molecule has 1 N–H and O–H groups in total. The van der Waals surface area contributed by atoms with Crippen molar-refractivity contribution in [3.63, 3.8) is 0 Å². The lowest BCUT2D eigenvalue weighted by Gasteiger charge is -2.30. The lowest BCUT2D eigenvalue weighted by atomic mass is 10.2. The van der Waals surface area contributed by atoms with Gasteiger partial charge in [-0.05, 0) is 25.2 Å². The second-order valence-corrected chi connectivity index (χ2v) is 6.73. The van der Waals surface area contributed by atoms with Gasteiger partial charge in [0.15, 0.2) is 5.82 Å². The quantitative estimate of drug-likeness (QED) is 0.696. The fourth-order valence-corrected chi connectivity index (χ4v) is 3.16. The molecule has 1 unspecified atom stereocenters. The van der Waals surface area contributed by atoms with Crippen LogP contribution in [-0.2, 0) is 0 Å². The number of hydrogen-bond donors (Lipinski definition) is 1. The molecule has 0 bridgehead atoms. The Morgan fingerprint density at radius 1 is 1.36 bits per heavy atom.